The first-order valence-corrected chi connectivity index (χ1v) is 10.3. The van der Waals surface area contributed by atoms with E-state index in [1.54, 1.807) is 13.0 Å². The van der Waals surface area contributed by atoms with Gasteiger partial charge in [-0.2, -0.15) is 0 Å². The van der Waals surface area contributed by atoms with Gasteiger partial charge in [-0.05, 0) is 44.5 Å². The summed E-state index contributed by atoms with van der Waals surface area (Å²) >= 11 is 0. The maximum Gasteiger partial charge on any atom is 0.340 e. The molecular weight excluding hydrogens is 374 g/mol. The molecular formula is C22H27NO6. The minimum atomic E-state index is -1.20. The molecule has 2 aliphatic carbocycles. The molecule has 0 amide bonds. The van der Waals surface area contributed by atoms with E-state index in [4.69, 9.17) is 9.47 Å². The highest BCUT2D eigenvalue weighted by Gasteiger charge is 2.71. The number of benzene rings is 1. The summed E-state index contributed by atoms with van der Waals surface area (Å²) in [4.78, 5) is 14.5. The van der Waals surface area contributed by atoms with Crippen LogP contribution in [0.2, 0.25) is 0 Å². The summed E-state index contributed by atoms with van der Waals surface area (Å²) in [7, 11) is 2.03. The van der Waals surface area contributed by atoms with Crippen LogP contribution in [-0.2, 0) is 28.0 Å². The number of piperidine rings is 1. The van der Waals surface area contributed by atoms with E-state index in [9.17, 15) is 20.1 Å². The molecule has 5 rings (SSSR count). The van der Waals surface area contributed by atoms with E-state index in [1.807, 2.05) is 19.2 Å². The number of hydrogen-bond donors (Lipinski definition) is 3. The Balaban J connectivity index is 1.68. The van der Waals surface area contributed by atoms with Crippen molar-refractivity contribution in [3.8, 4) is 5.75 Å². The molecule has 0 aromatic heterocycles. The number of rotatable bonds is 4. The first-order chi connectivity index (χ1) is 13.9. The third-order valence-corrected chi connectivity index (χ3v) is 7.50. The molecule has 2 aliphatic heterocycles. The van der Waals surface area contributed by atoms with E-state index in [0.29, 0.717) is 36.3 Å². The monoisotopic (exact) mass is 401 g/mol. The molecule has 156 valence electrons. The van der Waals surface area contributed by atoms with E-state index in [-0.39, 0.29) is 19.1 Å². The predicted octanol–water partition coefficient (Wildman–Crippen LogP) is 0.771. The van der Waals surface area contributed by atoms with Crippen LogP contribution in [0.3, 0.4) is 0 Å². The fourth-order valence-corrected chi connectivity index (χ4v) is 5.98. The Morgan fingerprint density at radius 2 is 2.24 bits per heavy atom. The van der Waals surface area contributed by atoms with Crippen LogP contribution in [0.4, 0.5) is 0 Å². The van der Waals surface area contributed by atoms with Crippen molar-refractivity contribution in [1.82, 2.24) is 4.90 Å². The topological polar surface area (TPSA) is 99.5 Å². The van der Waals surface area contributed by atoms with Crippen LogP contribution in [0, 0.1) is 0 Å². The fraction of sp³-hybridized carbons (Fsp3) is 0.591. The lowest BCUT2D eigenvalue weighted by molar-refractivity contribution is -0.172. The Bertz CT molecular complexity index is 913. The van der Waals surface area contributed by atoms with Crippen molar-refractivity contribution in [3.63, 3.8) is 0 Å². The van der Waals surface area contributed by atoms with Gasteiger partial charge in [-0.15, -0.1) is 0 Å². The number of aliphatic hydroxyl groups excluding tert-OH is 2. The van der Waals surface area contributed by atoms with E-state index in [0.717, 1.165) is 17.7 Å². The van der Waals surface area contributed by atoms with Crippen molar-refractivity contribution < 1.29 is 29.6 Å². The Morgan fingerprint density at radius 1 is 1.45 bits per heavy atom. The lowest BCUT2D eigenvalue weighted by Gasteiger charge is -2.61. The van der Waals surface area contributed by atoms with Gasteiger partial charge in [0.15, 0.2) is 12.2 Å². The van der Waals surface area contributed by atoms with Crippen LogP contribution < -0.4 is 4.74 Å². The quantitative estimate of drug-likeness (QED) is 0.641. The summed E-state index contributed by atoms with van der Waals surface area (Å²) < 4.78 is 12.0. The van der Waals surface area contributed by atoms with E-state index >= 15 is 0 Å². The average molecular weight is 401 g/mol. The van der Waals surface area contributed by atoms with Crippen LogP contribution >= 0.6 is 0 Å². The number of carbonyl (C=O) groups is 1. The highest BCUT2D eigenvalue weighted by molar-refractivity contribution is 5.76. The molecule has 1 aromatic rings. The van der Waals surface area contributed by atoms with E-state index in [1.165, 1.54) is 0 Å². The Hall–Kier alpha value is -1.93. The van der Waals surface area contributed by atoms with Gasteiger partial charge in [-0.25, -0.2) is 4.79 Å². The second-order valence-electron chi connectivity index (χ2n) is 8.75. The number of hydrogen-bond acceptors (Lipinski definition) is 7. The maximum atomic E-state index is 12.3. The van der Waals surface area contributed by atoms with Gasteiger partial charge in [-0.1, -0.05) is 19.1 Å². The van der Waals surface area contributed by atoms with Gasteiger partial charge >= 0.3 is 5.97 Å². The van der Waals surface area contributed by atoms with Crippen LogP contribution in [0.25, 0.3) is 0 Å². The predicted molar refractivity (Wildman–Crippen MR) is 103 cm³/mol. The summed E-state index contributed by atoms with van der Waals surface area (Å²) in [5.74, 6) is 0.253. The highest BCUT2D eigenvalue weighted by Crippen LogP contribution is 2.64. The third kappa shape index (κ3) is 2.24. The lowest BCUT2D eigenvalue weighted by Crippen LogP contribution is -2.74. The summed E-state index contributed by atoms with van der Waals surface area (Å²) in [6.45, 7) is 2.33. The first kappa shape index (κ1) is 19.1. The van der Waals surface area contributed by atoms with Gasteiger partial charge in [0.05, 0.1) is 17.6 Å². The van der Waals surface area contributed by atoms with Crippen molar-refractivity contribution in [2.45, 2.75) is 68.5 Å². The van der Waals surface area contributed by atoms with Gasteiger partial charge in [0.2, 0.25) is 0 Å². The van der Waals surface area contributed by atoms with Crippen LogP contribution in [0.1, 0.15) is 42.9 Å². The van der Waals surface area contributed by atoms with Gasteiger partial charge in [0, 0.05) is 23.6 Å². The third-order valence-electron chi connectivity index (χ3n) is 7.50. The molecule has 1 aromatic carbocycles. The maximum absolute atomic E-state index is 12.3. The molecule has 1 fully saturated rings. The summed E-state index contributed by atoms with van der Waals surface area (Å²) in [5.41, 5.74) is 0.947. The van der Waals surface area contributed by atoms with Crippen molar-refractivity contribution >= 4 is 5.97 Å². The number of esters is 1. The Labute approximate surface area is 169 Å². The molecule has 2 heterocycles. The second-order valence-corrected chi connectivity index (χ2v) is 8.75. The lowest BCUT2D eigenvalue weighted by atomic mass is 9.50. The van der Waals surface area contributed by atoms with Crippen LogP contribution in [-0.4, -0.2) is 63.6 Å². The molecule has 7 heteroatoms. The summed E-state index contributed by atoms with van der Waals surface area (Å²) in [6, 6.07) is 3.82. The largest absolute Gasteiger partial charge is 0.481 e. The fourth-order valence-electron chi connectivity index (χ4n) is 5.98. The zero-order chi connectivity index (χ0) is 20.6. The van der Waals surface area contributed by atoms with Gasteiger partial charge in [-0.3, -0.25) is 0 Å². The molecule has 2 unspecified atom stereocenters. The molecule has 1 saturated heterocycles. The molecule has 29 heavy (non-hydrogen) atoms. The van der Waals surface area contributed by atoms with Crippen molar-refractivity contribution in [2.24, 2.45) is 0 Å². The van der Waals surface area contributed by atoms with Crippen LogP contribution in [0.5, 0.6) is 5.75 Å². The summed E-state index contributed by atoms with van der Waals surface area (Å²) in [6.07, 6.45) is 1.85. The molecule has 0 saturated carbocycles. The van der Waals surface area contributed by atoms with E-state index < -0.39 is 29.2 Å². The zero-order valence-electron chi connectivity index (χ0n) is 16.7. The van der Waals surface area contributed by atoms with Gasteiger partial charge in [0.1, 0.15) is 11.5 Å². The standard InChI is InChI=1S/C22H27NO6/c1-3-14(25)20(26)28-15-6-7-22(27)16-10-12-4-5-13(11-24)18-17(12)21(22,19(15)29-18)8-9-23(16)2/h4-6,14,16,19,24-25,27H,3,7-11H2,1-2H3/t14-,16+,19?,21?,22+/m0/s1. The zero-order valence-corrected chi connectivity index (χ0v) is 16.7. The second kappa shape index (κ2) is 6.28. The number of ether oxygens (including phenoxy) is 2. The molecule has 7 nitrogen and oxygen atoms in total. The SMILES string of the molecule is CC[C@H](O)C(=O)OC1=CC[C@@]2(O)[C@H]3Cc4ccc(CO)c5c4C2(CCN3C)C1O5. The smallest absolute Gasteiger partial charge is 0.340 e. The summed E-state index contributed by atoms with van der Waals surface area (Å²) in [5, 5.41) is 31.8. The Morgan fingerprint density at radius 3 is 2.97 bits per heavy atom. The minimum absolute atomic E-state index is 0.0736. The van der Waals surface area contributed by atoms with Gasteiger partial charge < -0.3 is 29.7 Å². The molecule has 0 radical (unpaired) electrons. The van der Waals surface area contributed by atoms with Crippen molar-refractivity contribution in [1.29, 1.82) is 0 Å². The number of nitrogens with zero attached hydrogens (tertiary/aromatic N) is 1. The number of likely N-dealkylation sites (N-methyl/N-ethyl adjacent to an activating group) is 1. The molecule has 3 N–H and O–H groups in total. The number of aliphatic hydroxyl groups is 3. The molecule has 2 bridgehead atoms. The normalized spacial score (nSPS) is 35.4. The van der Waals surface area contributed by atoms with Crippen molar-refractivity contribution in [3.05, 3.63) is 40.7 Å². The molecule has 4 aliphatic rings. The van der Waals surface area contributed by atoms with E-state index in [2.05, 4.69) is 4.90 Å². The molecule has 1 spiro atoms. The highest BCUT2D eigenvalue weighted by atomic mass is 16.6. The number of carbonyl (C=O) groups excluding carboxylic acids is 1. The van der Waals surface area contributed by atoms with Crippen LogP contribution in [0.15, 0.2) is 24.0 Å². The average Bonchev–Trinajstić information content (AvgIpc) is 3.07. The molecule has 5 atom stereocenters. The number of likely N-dealkylation sites (tertiary alicyclic amines) is 1. The van der Waals surface area contributed by atoms with Gasteiger partial charge in [0.25, 0.3) is 0 Å². The first-order valence-electron chi connectivity index (χ1n) is 10.3. The minimum Gasteiger partial charge on any atom is -0.481 e. The van der Waals surface area contributed by atoms with Crippen molar-refractivity contribution in [2.75, 3.05) is 13.6 Å². The Kier molecular flexibility index (Phi) is 4.13.